The largest absolute Gasteiger partial charge is 0.373 e. The Morgan fingerprint density at radius 1 is 1.67 bits per heavy atom. The molecule has 1 atom stereocenters. The molecule has 1 aliphatic rings. The predicted octanol–water partition coefficient (Wildman–Crippen LogP) is 0.920. The van der Waals surface area contributed by atoms with E-state index in [1.807, 2.05) is 12.2 Å². The predicted molar refractivity (Wildman–Crippen MR) is 34.2 cm³/mol. The summed E-state index contributed by atoms with van der Waals surface area (Å²) in [6.45, 7) is 0. The van der Waals surface area contributed by atoms with Crippen molar-refractivity contribution < 1.29 is 9.53 Å². The summed E-state index contributed by atoms with van der Waals surface area (Å²) in [7, 11) is 1.57. The van der Waals surface area contributed by atoms with Gasteiger partial charge in [-0.1, -0.05) is 12.2 Å². The number of carbonyl (C=O) groups is 1. The molecule has 0 fully saturated rings. The summed E-state index contributed by atoms with van der Waals surface area (Å²) in [6, 6.07) is 0. The summed E-state index contributed by atoms with van der Waals surface area (Å²) in [5, 5.41) is 0. The van der Waals surface area contributed by atoms with Crippen molar-refractivity contribution in [2.75, 3.05) is 7.11 Å². The molecule has 2 nitrogen and oxygen atoms in total. The summed E-state index contributed by atoms with van der Waals surface area (Å²) >= 11 is 0. The minimum atomic E-state index is -0.171. The minimum absolute atomic E-state index is 0.171. The zero-order chi connectivity index (χ0) is 6.69. The van der Waals surface area contributed by atoms with Gasteiger partial charge in [0.15, 0.2) is 5.78 Å². The Labute approximate surface area is 54.5 Å². The molecule has 0 bridgehead atoms. The molecular weight excluding hydrogens is 116 g/mol. The number of ether oxygens (including phenoxy) is 1. The highest BCUT2D eigenvalue weighted by Crippen LogP contribution is 2.08. The van der Waals surface area contributed by atoms with Crippen LogP contribution in [0.15, 0.2) is 12.2 Å². The lowest BCUT2D eigenvalue weighted by Gasteiger charge is -2.13. The molecule has 1 aliphatic carbocycles. The number of Topliss-reactive ketones (excluding diaryl/α,β-unsaturated/α-hetero) is 1. The number of carbonyl (C=O) groups excluding carboxylic acids is 1. The number of rotatable bonds is 1. The first-order valence-electron chi connectivity index (χ1n) is 3.05. The van der Waals surface area contributed by atoms with Crippen LogP contribution < -0.4 is 0 Å². The molecule has 0 saturated heterocycles. The molecule has 2 heteroatoms. The van der Waals surface area contributed by atoms with Gasteiger partial charge in [-0.05, 0) is 6.42 Å². The molecule has 0 amide bonds. The smallest absolute Gasteiger partial charge is 0.165 e. The third kappa shape index (κ3) is 1.39. The normalized spacial score (nSPS) is 26.8. The van der Waals surface area contributed by atoms with Crippen LogP contribution in [-0.2, 0) is 9.53 Å². The zero-order valence-electron chi connectivity index (χ0n) is 5.46. The number of hydrogen-bond donors (Lipinski definition) is 0. The van der Waals surface area contributed by atoms with Gasteiger partial charge in [0.25, 0.3) is 0 Å². The van der Waals surface area contributed by atoms with Gasteiger partial charge in [0, 0.05) is 13.5 Å². The average Bonchev–Trinajstić information content (AvgIpc) is 1.89. The first kappa shape index (κ1) is 6.49. The zero-order valence-corrected chi connectivity index (χ0v) is 5.46. The van der Waals surface area contributed by atoms with E-state index >= 15 is 0 Å². The van der Waals surface area contributed by atoms with Crippen LogP contribution in [0.1, 0.15) is 12.8 Å². The fraction of sp³-hybridized carbons (Fsp3) is 0.571. The van der Waals surface area contributed by atoms with Gasteiger partial charge >= 0.3 is 0 Å². The Bertz CT molecular complexity index is 138. The van der Waals surface area contributed by atoms with Crippen molar-refractivity contribution in [2.45, 2.75) is 18.9 Å². The SMILES string of the molecule is COC1CC=CCC1=O. The van der Waals surface area contributed by atoms with E-state index in [-0.39, 0.29) is 11.9 Å². The molecule has 50 valence electrons. The Morgan fingerprint density at radius 2 is 2.44 bits per heavy atom. The molecule has 0 aromatic carbocycles. The summed E-state index contributed by atoms with van der Waals surface area (Å²) in [5.74, 6) is 0.194. The van der Waals surface area contributed by atoms with E-state index in [2.05, 4.69) is 0 Å². The van der Waals surface area contributed by atoms with Gasteiger partial charge in [0.2, 0.25) is 0 Å². The Hall–Kier alpha value is -0.630. The Kier molecular flexibility index (Phi) is 2.01. The highest BCUT2D eigenvalue weighted by atomic mass is 16.5. The molecule has 0 radical (unpaired) electrons. The highest BCUT2D eigenvalue weighted by molar-refractivity contribution is 5.85. The summed E-state index contributed by atoms with van der Waals surface area (Å²) < 4.78 is 4.90. The third-order valence-electron chi connectivity index (χ3n) is 1.48. The summed E-state index contributed by atoms with van der Waals surface area (Å²) in [4.78, 5) is 10.8. The van der Waals surface area contributed by atoms with Crippen molar-refractivity contribution in [1.29, 1.82) is 0 Å². The van der Waals surface area contributed by atoms with Crippen LogP contribution in [0.5, 0.6) is 0 Å². The van der Waals surface area contributed by atoms with Gasteiger partial charge < -0.3 is 4.74 Å². The van der Waals surface area contributed by atoms with Crippen LogP contribution in [0.25, 0.3) is 0 Å². The number of methoxy groups -OCH3 is 1. The molecule has 1 unspecified atom stereocenters. The van der Waals surface area contributed by atoms with Crippen molar-refractivity contribution in [3.63, 3.8) is 0 Å². The molecule has 0 N–H and O–H groups in total. The van der Waals surface area contributed by atoms with Crippen LogP contribution in [0.4, 0.5) is 0 Å². The van der Waals surface area contributed by atoms with E-state index in [0.29, 0.717) is 6.42 Å². The fourth-order valence-electron chi connectivity index (χ4n) is 0.910. The standard InChI is InChI=1S/C7H10O2/c1-9-7-5-3-2-4-6(7)8/h2-3,7H,4-5H2,1H3. The first-order chi connectivity index (χ1) is 4.34. The molecule has 0 spiro atoms. The number of ketones is 1. The highest BCUT2D eigenvalue weighted by Gasteiger charge is 2.16. The van der Waals surface area contributed by atoms with Crippen molar-refractivity contribution in [2.24, 2.45) is 0 Å². The maximum atomic E-state index is 10.8. The maximum Gasteiger partial charge on any atom is 0.165 e. The monoisotopic (exact) mass is 126 g/mol. The van der Waals surface area contributed by atoms with Crippen LogP contribution in [0, 0.1) is 0 Å². The fourth-order valence-corrected chi connectivity index (χ4v) is 0.910. The molecule has 0 aromatic heterocycles. The minimum Gasteiger partial charge on any atom is -0.373 e. The van der Waals surface area contributed by atoms with Gasteiger partial charge in [-0.15, -0.1) is 0 Å². The maximum absolute atomic E-state index is 10.8. The Balaban J connectivity index is 2.53. The molecular formula is C7H10O2. The second kappa shape index (κ2) is 2.78. The van der Waals surface area contributed by atoms with Gasteiger partial charge in [-0.3, -0.25) is 4.79 Å². The molecule has 0 aliphatic heterocycles. The van der Waals surface area contributed by atoms with E-state index in [1.165, 1.54) is 0 Å². The molecule has 0 aromatic rings. The average molecular weight is 126 g/mol. The molecule has 9 heavy (non-hydrogen) atoms. The third-order valence-corrected chi connectivity index (χ3v) is 1.48. The van der Waals surface area contributed by atoms with Crippen LogP contribution in [-0.4, -0.2) is 19.0 Å². The number of allylic oxidation sites excluding steroid dienone is 1. The topological polar surface area (TPSA) is 26.3 Å². The quantitative estimate of drug-likeness (QED) is 0.488. The lowest BCUT2D eigenvalue weighted by atomic mass is 10.0. The lowest BCUT2D eigenvalue weighted by Crippen LogP contribution is -2.23. The first-order valence-corrected chi connectivity index (χ1v) is 3.05. The number of hydrogen-bond acceptors (Lipinski definition) is 2. The summed E-state index contributed by atoms with van der Waals surface area (Å²) in [6.07, 6.45) is 4.98. The van der Waals surface area contributed by atoms with Gasteiger partial charge in [0.05, 0.1) is 0 Å². The van der Waals surface area contributed by atoms with Crippen molar-refractivity contribution in [1.82, 2.24) is 0 Å². The second-order valence-corrected chi connectivity index (χ2v) is 2.10. The van der Waals surface area contributed by atoms with E-state index in [4.69, 9.17) is 4.74 Å². The molecule has 1 rings (SSSR count). The van der Waals surface area contributed by atoms with Crippen molar-refractivity contribution in [3.05, 3.63) is 12.2 Å². The van der Waals surface area contributed by atoms with Crippen molar-refractivity contribution in [3.8, 4) is 0 Å². The lowest BCUT2D eigenvalue weighted by molar-refractivity contribution is -0.128. The summed E-state index contributed by atoms with van der Waals surface area (Å²) in [5.41, 5.74) is 0. The van der Waals surface area contributed by atoms with E-state index in [0.717, 1.165) is 6.42 Å². The van der Waals surface area contributed by atoms with Crippen LogP contribution >= 0.6 is 0 Å². The van der Waals surface area contributed by atoms with Gasteiger partial charge in [-0.2, -0.15) is 0 Å². The van der Waals surface area contributed by atoms with Crippen LogP contribution in [0.3, 0.4) is 0 Å². The molecule has 0 saturated carbocycles. The van der Waals surface area contributed by atoms with E-state index < -0.39 is 0 Å². The van der Waals surface area contributed by atoms with Crippen molar-refractivity contribution >= 4 is 5.78 Å². The molecule has 0 heterocycles. The van der Waals surface area contributed by atoms with Crippen LogP contribution in [0.2, 0.25) is 0 Å². The second-order valence-electron chi connectivity index (χ2n) is 2.10. The van der Waals surface area contributed by atoms with E-state index in [9.17, 15) is 4.79 Å². The van der Waals surface area contributed by atoms with Gasteiger partial charge in [-0.25, -0.2) is 0 Å². The van der Waals surface area contributed by atoms with E-state index in [1.54, 1.807) is 7.11 Å². The Morgan fingerprint density at radius 3 is 2.89 bits per heavy atom. The van der Waals surface area contributed by atoms with Gasteiger partial charge in [0.1, 0.15) is 6.10 Å².